The van der Waals surface area contributed by atoms with E-state index in [1.165, 1.54) is 7.11 Å². The Labute approximate surface area is 94.1 Å². The lowest BCUT2D eigenvalue weighted by molar-refractivity contribution is -0.139. The molecular weight excluding hydrogens is 206 g/mol. The van der Waals surface area contributed by atoms with E-state index in [2.05, 4.69) is 4.74 Å². The summed E-state index contributed by atoms with van der Waals surface area (Å²) in [5.41, 5.74) is 1.54. The standard InChI is InChI=1S/C12H13NO3/c1-3-8-4-9(6-11(14)16-2)12(15)10(5-8)7-13/h4-5,15H,3,6H2,1-2H3. The number of nitrogens with zero attached hydrogens (tertiary/aromatic N) is 1. The Kier molecular flexibility index (Phi) is 3.90. The normalized spacial score (nSPS) is 9.56. The largest absolute Gasteiger partial charge is 0.506 e. The van der Waals surface area contributed by atoms with Crippen molar-refractivity contribution in [3.8, 4) is 11.8 Å². The second-order valence-corrected chi connectivity index (χ2v) is 3.37. The third-order valence-electron chi connectivity index (χ3n) is 2.34. The van der Waals surface area contributed by atoms with Gasteiger partial charge in [-0.3, -0.25) is 4.79 Å². The molecule has 0 radical (unpaired) electrons. The molecule has 4 nitrogen and oxygen atoms in total. The van der Waals surface area contributed by atoms with Gasteiger partial charge >= 0.3 is 5.97 Å². The maximum Gasteiger partial charge on any atom is 0.310 e. The number of phenols is 1. The van der Waals surface area contributed by atoms with E-state index in [1.807, 2.05) is 13.0 Å². The number of nitriles is 1. The molecule has 0 atom stereocenters. The zero-order chi connectivity index (χ0) is 12.1. The van der Waals surface area contributed by atoms with Gasteiger partial charge in [-0.05, 0) is 18.1 Å². The van der Waals surface area contributed by atoms with E-state index in [1.54, 1.807) is 12.1 Å². The first-order chi connectivity index (χ1) is 7.62. The SMILES string of the molecule is CCc1cc(C#N)c(O)c(CC(=O)OC)c1. The molecule has 0 heterocycles. The zero-order valence-electron chi connectivity index (χ0n) is 9.28. The Balaban J connectivity index is 3.17. The molecule has 0 unspecified atom stereocenters. The number of hydrogen-bond donors (Lipinski definition) is 1. The summed E-state index contributed by atoms with van der Waals surface area (Å²) in [6.45, 7) is 1.94. The number of hydrogen-bond acceptors (Lipinski definition) is 4. The highest BCUT2D eigenvalue weighted by Crippen LogP contribution is 2.25. The molecular formula is C12H13NO3. The average molecular weight is 219 g/mol. The molecule has 16 heavy (non-hydrogen) atoms. The van der Waals surface area contributed by atoms with E-state index in [0.717, 1.165) is 12.0 Å². The van der Waals surface area contributed by atoms with Crippen molar-refractivity contribution in [2.45, 2.75) is 19.8 Å². The van der Waals surface area contributed by atoms with Crippen LogP contribution < -0.4 is 0 Å². The number of carbonyl (C=O) groups is 1. The maximum atomic E-state index is 11.1. The molecule has 0 aliphatic heterocycles. The highest BCUT2D eigenvalue weighted by molar-refractivity contribution is 5.74. The first kappa shape index (κ1) is 12.1. The number of carbonyl (C=O) groups excluding carboxylic acids is 1. The van der Waals surface area contributed by atoms with Crippen LogP contribution in [-0.4, -0.2) is 18.2 Å². The van der Waals surface area contributed by atoms with Crippen LogP contribution in [0.4, 0.5) is 0 Å². The van der Waals surface area contributed by atoms with Crippen molar-refractivity contribution in [1.82, 2.24) is 0 Å². The van der Waals surface area contributed by atoms with Crippen molar-refractivity contribution in [2.75, 3.05) is 7.11 Å². The minimum absolute atomic E-state index is 0.0230. The molecule has 0 amide bonds. The minimum atomic E-state index is -0.438. The van der Waals surface area contributed by atoms with Crippen LogP contribution in [0.25, 0.3) is 0 Å². The molecule has 0 aromatic heterocycles. The third kappa shape index (κ3) is 2.51. The predicted molar refractivity (Wildman–Crippen MR) is 57.9 cm³/mol. The van der Waals surface area contributed by atoms with Crippen LogP contribution in [0.15, 0.2) is 12.1 Å². The number of ether oxygens (including phenoxy) is 1. The molecule has 4 heteroatoms. The first-order valence-electron chi connectivity index (χ1n) is 4.94. The Bertz CT molecular complexity index is 446. The van der Waals surface area contributed by atoms with Gasteiger partial charge in [0.25, 0.3) is 0 Å². The molecule has 1 aromatic carbocycles. The molecule has 1 N–H and O–H groups in total. The van der Waals surface area contributed by atoms with Crippen molar-refractivity contribution in [3.63, 3.8) is 0 Å². The van der Waals surface area contributed by atoms with Gasteiger partial charge in [0.15, 0.2) is 0 Å². The van der Waals surface area contributed by atoms with Crippen molar-refractivity contribution in [2.24, 2.45) is 0 Å². The summed E-state index contributed by atoms with van der Waals surface area (Å²) in [6, 6.07) is 5.24. The van der Waals surface area contributed by atoms with E-state index < -0.39 is 5.97 Å². The van der Waals surface area contributed by atoms with Gasteiger partial charge in [-0.1, -0.05) is 13.0 Å². The summed E-state index contributed by atoms with van der Waals surface area (Å²) in [5, 5.41) is 18.6. The van der Waals surface area contributed by atoms with E-state index in [0.29, 0.717) is 5.56 Å². The van der Waals surface area contributed by atoms with Gasteiger partial charge < -0.3 is 9.84 Å². The highest BCUT2D eigenvalue weighted by Gasteiger charge is 2.12. The maximum absolute atomic E-state index is 11.1. The van der Waals surface area contributed by atoms with Gasteiger partial charge in [-0.25, -0.2) is 0 Å². The number of phenolic OH excluding ortho intramolecular Hbond substituents is 1. The summed E-state index contributed by atoms with van der Waals surface area (Å²) >= 11 is 0. The van der Waals surface area contributed by atoms with Crippen molar-refractivity contribution in [3.05, 3.63) is 28.8 Å². The first-order valence-corrected chi connectivity index (χ1v) is 4.94. The van der Waals surface area contributed by atoms with Crippen LogP contribution >= 0.6 is 0 Å². The molecule has 1 rings (SSSR count). The smallest absolute Gasteiger partial charge is 0.310 e. The molecule has 0 bridgehead atoms. The fourth-order valence-corrected chi connectivity index (χ4v) is 1.41. The lowest BCUT2D eigenvalue weighted by atomic mass is 10.0. The monoisotopic (exact) mass is 219 g/mol. The molecule has 84 valence electrons. The van der Waals surface area contributed by atoms with Crippen LogP contribution in [0.1, 0.15) is 23.6 Å². The molecule has 0 fully saturated rings. The fraction of sp³-hybridized carbons (Fsp3) is 0.333. The number of aromatic hydroxyl groups is 1. The number of methoxy groups -OCH3 is 1. The van der Waals surface area contributed by atoms with E-state index in [-0.39, 0.29) is 17.7 Å². The van der Waals surface area contributed by atoms with Crippen molar-refractivity contribution in [1.29, 1.82) is 5.26 Å². The number of esters is 1. The number of rotatable bonds is 3. The quantitative estimate of drug-likeness (QED) is 0.783. The van der Waals surface area contributed by atoms with E-state index >= 15 is 0 Å². The van der Waals surface area contributed by atoms with Crippen molar-refractivity contribution >= 4 is 5.97 Å². The molecule has 1 aromatic rings. The summed E-state index contributed by atoms with van der Waals surface area (Å²) < 4.78 is 4.52. The summed E-state index contributed by atoms with van der Waals surface area (Å²) in [7, 11) is 1.29. The Morgan fingerprint density at radius 2 is 2.25 bits per heavy atom. The summed E-state index contributed by atoms with van der Waals surface area (Å²) in [5.74, 6) is -0.572. The Morgan fingerprint density at radius 3 is 2.75 bits per heavy atom. The Morgan fingerprint density at radius 1 is 1.56 bits per heavy atom. The van der Waals surface area contributed by atoms with E-state index in [9.17, 15) is 9.90 Å². The van der Waals surface area contributed by atoms with Gasteiger partial charge in [0.05, 0.1) is 19.1 Å². The van der Waals surface area contributed by atoms with Gasteiger partial charge in [0.1, 0.15) is 11.8 Å². The van der Waals surface area contributed by atoms with Crippen LogP contribution in [-0.2, 0) is 22.4 Å². The third-order valence-corrected chi connectivity index (χ3v) is 2.34. The molecule has 0 saturated heterocycles. The lowest BCUT2D eigenvalue weighted by Crippen LogP contribution is -2.05. The highest BCUT2D eigenvalue weighted by atomic mass is 16.5. The minimum Gasteiger partial charge on any atom is -0.506 e. The van der Waals surface area contributed by atoms with Gasteiger partial charge in [-0.2, -0.15) is 5.26 Å². The van der Waals surface area contributed by atoms with Crippen molar-refractivity contribution < 1.29 is 14.6 Å². The number of aryl methyl sites for hydroxylation is 1. The molecule has 0 aliphatic carbocycles. The second kappa shape index (κ2) is 5.17. The molecule has 0 spiro atoms. The second-order valence-electron chi connectivity index (χ2n) is 3.37. The Hall–Kier alpha value is -2.02. The van der Waals surface area contributed by atoms with Crippen LogP contribution in [0.5, 0.6) is 5.75 Å². The van der Waals surface area contributed by atoms with Crippen LogP contribution in [0.3, 0.4) is 0 Å². The van der Waals surface area contributed by atoms with Gasteiger partial charge in [0.2, 0.25) is 0 Å². The van der Waals surface area contributed by atoms with E-state index in [4.69, 9.17) is 5.26 Å². The lowest BCUT2D eigenvalue weighted by Gasteiger charge is -2.07. The van der Waals surface area contributed by atoms with Crippen LogP contribution in [0, 0.1) is 11.3 Å². The average Bonchev–Trinajstić information content (AvgIpc) is 2.31. The van der Waals surface area contributed by atoms with Crippen LogP contribution in [0.2, 0.25) is 0 Å². The summed E-state index contributed by atoms with van der Waals surface area (Å²) in [6.07, 6.45) is 0.716. The van der Waals surface area contributed by atoms with Gasteiger partial charge in [-0.15, -0.1) is 0 Å². The fourth-order valence-electron chi connectivity index (χ4n) is 1.41. The number of benzene rings is 1. The summed E-state index contributed by atoms with van der Waals surface area (Å²) in [4.78, 5) is 11.1. The predicted octanol–water partition coefficient (Wildman–Crippen LogP) is 1.54. The molecule has 0 aliphatic rings. The van der Waals surface area contributed by atoms with Gasteiger partial charge in [0, 0.05) is 5.56 Å². The zero-order valence-corrected chi connectivity index (χ0v) is 9.28. The topological polar surface area (TPSA) is 70.3 Å². The molecule has 0 saturated carbocycles.